The maximum Gasteiger partial charge on any atom is 0.0540 e. The van der Waals surface area contributed by atoms with Gasteiger partial charge in [-0.1, -0.05) is 78.6 Å². The fourth-order valence-electron chi connectivity index (χ4n) is 2.24. The highest BCUT2D eigenvalue weighted by atomic mass is 16.3. The second kappa shape index (κ2) is 12.4. The summed E-state index contributed by atoms with van der Waals surface area (Å²) in [5, 5.41) is 9.75. The van der Waals surface area contributed by atoms with Gasteiger partial charge in [-0.3, -0.25) is 0 Å². The zero-order chi connectivity index (χ0) is 12.9. The predicted molar refractivity (Wildman–Crippen MR) is 77.3 cm³/mol. The highest BCUT2D eigenvalue weighted by molar-refractivity contribution is 4.57. The molecule has 0 aromatic rings. The number of rotatable bonds is 12. The lowest BCUT2D eigenvalue weighted by atomic mass is 10.0. The highest BCUT2D eigenvalue weighted by Gasteiger charge is 2.03. The monoisotopic (exact) mass is 242 g/mol. The first-order valence-electron chi connectivity index (χ1n) is 7.84. The summed E-state index contributed by atoms with van der Waals surface area (Å²) in [6, 6.07) is 0. The van der Waals surface area contributed by atoms with Crippen molar-refractivity contribution in [1.82, 2.24) is 0 Å². The van der Waals surface area contributed by atoms with E-state index >= 15 is 0 Å². The van der Waals surface area contributed by atoms with Crippen LogP contribution in [0.3, 0.4) is 0 Å². The van der Waals surface area contributed by atoms with Crippen LogP contribution in [-0.4, -0.2) is 11.2 Å². The van der Waals surface area contributed by atoms with Crippen LogP contribution in [-0.2, 0) is 0 Å². The third kappa shape index (κ3) is 13.9. The Morgan fingerprint density at radius 1 is 0.706 bits per heavy atom. The molecule has 0 fully saturated rings. The zero-order valence-corrected chi connectivity index (χ0v) is 12.4. The van der Waals surface area contributed by atoms with Gasteiger partial charge in [-0.25, -0.2) is 0 Å². The molecule has 1 nitrogen and oxygen atoms in total. The van der Waals surface area contributed by atoms with E-state index in [1.165, 1.54) is 57.8 Å². The molecule has 0 bridgehead atoms. The maximum atomic E-state index is 9.75. The Morgan fingerprint density at radius 2 is 1.18 bits per heavy atom. The molecule has 1 unspecified atom stereocenters. The Morgan fingerprint density at radius 3 is 1.71 bits per heavy atom. The summed E-state index contributed by atoms with van der Waals surface area (Å²) < 4.78 is 0. The molecule has 0 heterocycles. The van der Waals surface area contributed by atoms with Crippen molar-refractivity contribution in [2.24, 2.45) is 5.92 Å². The van der Waals surface area contributed by atoms with Gasteiger partial charge in [0.1, 0.15) is 0 Å². The third-order valence-corrected chi connectivity index (χ3v) is 3.46. The molecule has 104 valence electrons. The molecular formula is C16H34O. The van der Waals surface area contributed by atoms with E-state index < -0.39 is 0 Å². The van der Waals surface area contributed by atoms with E-state index in [2.05, 4.69) is 20.8 Å². The number of unbranched alkanes of at least 4 members (excludes halogenated alkanes) is 6. The van der Waals surface area contributed by atoms with Crippen molar-refractivity contribution in [2.45, 2.75) is 97.5 Å². The minimum Gasteiger partial charge on any atom is -0.393 e. The Kier molecular flexibility index (Phi) is 12.4. The van der Waals surface area contributed by atoms with Crippen LogP contribution >= 0.6 is 0 Å². The SMILES string of the molecule is CCCCCC(O)CCCCCCCC(C)C. The summed E-state index contributed by atoms with van der Waals surface area (Å²) in [7, 11) is 0. The van der Waals surface area contributed by atoms with Crippen molar-refractivity contribution in [3.63, 3.8) is 0 Å². The quantitative estimate of drug-likeness (QED) is 0.460. The molecule has 1 heteroatoms. The van der Waals surface area contributed by atoms with Crippen LogP contribution in [0.2, 0.25) is 0 Å². The molecule has 1 N–H and O–H groups in total. The molecular weight excluding hydrogens is 208 g/mol. The van der Waals surface area contributed by atoms with Gasteiger partial charge in [-0.2, -0.15) is 0 Å². The van der Waals surface area contributed by atoms with Crippen molar-refractivity contribution >= 4 is 0 Å². The topological polar surface area (TPSA) is 20.2 Å². The number of hydrogen-bond acceptors (Lipinski definition) is 1. The molecule has 0 aliphatic heterocycles. The first-order chi connectivity index (χ1) is 8.16. The van der Waals surface area contributed by atoms with Crippen molar-refractivity contribution in [3.8, 4) is 0 Å². The first-order valence-corrected chi connectivity index (χ1v) is 7.84. The Hall–Kier alpha value is -0.0400. The second-order valence-electron chi connectivity index (χ2n) is 5.89. The van der Waals surface area contributed by atoms with E-state index in [4.69, 9.17) is 0 Å². The molecule has 1 atom stereocenters. The molecule has 0 aromatic carbocycles. The average molecular weight is 242 g/mol. The van der Waals surface area contributed by atoms with Gasteiger partial charge in [-0.05, 0) is 18.8 Å². The molecule has 0 aliphatic rings. The second-order valence-corrected chi connectivity index (χ2v) is 5.89. The molecule has 0 radical (unpaired) electrons. The van der Waals surface area contributed by atoms with Crippen molar-refractivity contribution < 1.29 is 5.11 Å². The molecule has 0 amide bonds. The summed E-state index contributed by atoms with van der Waals surface area (Å²) in [5.41, 5.74) is 0. The van der Waals surface area contributed by atoms with Crippen LogP contribution in [0.5, 0.6) is 0 Å². The minimum absolute atomic E-state index is 0.0304. The Bertz CT molecular complexity index is 142. The molecule has 0 spiro atoms. The molecule has 0 rings (SSSR count). The van der Waals surface area contributed by atoms with E-state index in [1.54, 1.807) is 0 Å². The Balaban J connectivity index is 3.11. The molecule has 0 aromatic heterocycles. The summed E-state index contributed by atoms with van der Waals surface area (Å²) >= 11 is 0. The fraction of sp³-hybridized carbons (Fsp3) is 1.00. The predicted octanol–water partition coefficient (Wildman–Crippen LogP) is 5.31. The van der Waals surface area contributed by atoms with Crippen molar-refractivity contribution in [1.29, 1.82) is 0 Å². The lowest BCUT2D eigenvalue weighted by Gasteiger charge is -2.10. The number of aliphatic hydroxyl groups excluding tert-OH is 1. The van der Waals surface area contributed by atoms with Gasteiger partial charge in [0.05, 0.1) is 6.10 Å². The number of hydrogen-bond donors (Lipinski definition) is 1. The highest BCUT2D eigenvalue weighted by Crippen LogP contribution is 2.14. The van der Waals surface area contributed by atoms with E-state index in [0.29, 0.717) is 0 Å². The Labute approximate surface area is 109 Å². The van der Waals surface area contributed by atoms with Crippen LogP contribution in [0.15, 0.2) is 0 Å². The fourth-order valence-corrected chi connectivity index (χ4v) is 2.24. The largest absolute Gasteiger partial charge is 0.393 e. The molecule has 17 heavy (non-hydrogen) atoms. The standard InChI is InChI=1S/C16H34O/c1-4-5-9-13-16(17)14-11-8-6-7-10-12-15(2)3/h15-17H,4-14H2,1-3H3. The van der Waals surface area contributed by atoms with E-state index in [-0.39, 0.29) is 6.10 Å². The van der Waals surface area contributed by atoms with Crippen molar-refractivity contribution in [2.75, 3.05) is 0 Å². The van der Waals surface area contributed by atoms with Crippen LogP contribution in [0.25, 0.3) is 0 Å². The van der Waals surface area contributed by atoms with Crippen LogP contribution < -0.4 is 0 Å². The van der Waals surface area contributed by atoms with Crippen LogP contribution in [0, 0.1) is 5.92 Å². The van der Waals surface area contributed by atoms with Gasteiger partial charge < -0.3 is 5.11 Å². The zero-order valence-electron chi connectivity index (χ0n) is 12.4. The minimum atomic E-state index is -0.0304. The summed E-state index contributed by atoms with van der Waals surface area (Å²) in [5.74, 6) is 0.857. The maximum absolute atomic E-state index is 9.75. The van der Waals surface area contributed by atoms with Gasteiger partial charge in [-0.15, -0.1) is 0 Å². The van der Waals surface area contributed by atoms with E-state index in [9.17, 15) is 5.11 Å². The van der Waals surface area contributed by atoms with Gasteiger partial charge in [0.25, 0.3) is 0 Å². The summed E-state index contributed by atoms with van der Waals surface area (Å²) in [4.78, 5) is 0. The van der Waals surface area contributed by atoms with Crippen molar-refractivity contribution in [3.05, 3.63) is 0 Å². The average Bonchev–Trinajstić information content (AvgIpc) is 2.28. The first kappa shape index (κ1) is 17.0. The third-order valence-electron chi connectivity index (χ3n) is 3.46. The lowest BCUT2D eigenvalue weighted by molar-refractivity contribution is 0.147. The van der Waals surface area contributed by atoms with E-state index in [0.717, 1.165) is 18.8 Å². The molecule has 0 saturated carbocycles. The summed E-state index contributed by atoms with van der Waals surface area (Å²) in [6.45, 7) is 6.81. The van der Waals surface area contributed by atoms with Crippen LogP contribution in [0.4, 0.5) is 0 Å². The normalized spacial score (nSPS) is 13.2. The van der Waals surface area contributed by atoms with Gasteiger partial charge in [0.15, 0.2) is 0 Å². The van der Waals surface area contributed by atoms with Gasteiger partial charge >= 0.3 is 0 Å². The van der Waals surface area contributed by atoms with Gasteiger partial charge in [0, 0.05) is 0 Å². The van der Waals surface area contributed by atoms with Crippen LogP contribution in [0.1, 0.15) is 91.4 Å². The smallest absolute Gasteiger partial charge is 0.0540 e. The lowest BCUT2D eigenvalue weighted by Crippen LogP contribution is -2.05. The van der Waals surface area contributed by atoms with Gasteiger partial charge in [0.2, 0.25) is 0 Å². The molecule has 0 aliphatic carbocycles. The molecule has 0 saturated heterocycles. The number of aliphatic hydroxyl groups is 1. The van der Waals surface area contributed by atoms with E-state index in [1.807, 2.05) is 0 Å². The summed E-state index contributed by atoms with van der Waals surface area (Å²) in [6.07, 6.45) is 13.8.